The maximum absolute atomic E-state index is 10.0. The molecule has 0 aliphatic carbocycles. The van der Waals surface area contributed by atoms with Crippen LogP contribution in [0.25, 0.3) is 0 Å². The van der Waals surface area contributed by atoms with E-state index in [0.717, 1.165) is 4.68 Å². The molecule has 7 heteroatoms. The van der Waals surface area contributed by atoms with Crippen molar-refractivity contribution in [3.8, 4) is 0 Å². The summed E-state index contributed by atoms with van der Waals surface area (Å²) in [4.78, 5) is 10.0. The first-order valence-corrected chi connectivity index (χ1v) is 2.80. The van der Waals surface area contributed by atoms with Gasteiger partial charge in [0.05, 0.1) is 12.5 Å². The summed E-state index contributed by atoms with van der Waals surface area (Å²) in [6, 6.07) is 0. The Balaban J connectivity index is 2.76. The molecular formula is C4H5N4O3-. The fourth-order valence-electron chi connectivity index (χ4n) is 0.582. The van der Waals surface area contributed by atoms with Gasteiger partial charge in [0.25, 0.3) is 0 Å². The molecule has 1 heterocycles. The number of aliphatic hydroxyl groups excluding tert-OH is 1. The molecule has 1 rings (SSSR count). The van der Waals surface area contributed by atoms with Gasteiger partial charge in [0.1, 0.15) is 6.61 Å². The molecule has 0 atom stereocenters. The van der Waals surface area contributed by atoms with Crippen molar-refractivity contribution >= 4 is 5.97 Å². The molecule has 0 saturated heterocycles. The van der Waals surface area contributed by atoms with Gasteiger partial charge in [-0.05, 0) is 10.4 Å². The van der Waals surface area contributed by atoms with Crippen molar-refractivity contribution in [1.82, 2.24) is 20.2 Å². The summed E-state index contributed by atoms with van der Waals surface area (Å²) in [5.74, 6) is -1.19. The van der Waals surface area contributed by atoms with Gasteiger partial charge in [-0.1, -0.05) is 0 Å². The topological polar surface area (TPSA) is 104 Å². The van der Waals surface area contributed by atoms with E-state index in [1.807, 2.05) is 0 Å². The Morgan fingerprint density at radius 2 is 2.45 bits per heavy atom. The van der Waals surface area contributed by atoms with Crippen LogP contribution in [0, 0.1) is 0 Å². The van der Waals surface area contributed by atoms with Crippen molar-refractivity contribution in [2.24, 2.45) is 0 Å². The molecule has 11 heavy (non-hydrogen) atoms. The van der Waals surface area contributed by atoms with Gasteiger partial charge in [0, 0.05) is 0 Å². The molecule has 0 unspecified atom stereocenters. The number of carbonyl (C=O) groups is 1. The summed E-state index contributed by atoms with van der Waals surface area (Å²) in [7, 11) is 0. The Morgan fingerprint density at radius 3 is 3.00 bits per heavy atom. The zero-order valence-electron chi connectivity index (χ0n) is 5.47. The van der Waals surface area contributed by atoms with Gasteiger partial charge in [0.2, 0.25) is 0 Å². The Labute approximate surface area is 61.3 Å². The summed E-state index contributed by atoms with van der Waals surface area (Å²) in [5.41, 5.74) is 0. The Kier molecular flexibility index (Phi) is 2.12. The second-order valence-electron chi connectivity index (χ2n) is 1.78. The number of carboxylic acid groups (broad SMARTS) is 1. The highest BCUT2D eigenvalue weighted by Crippen LogP contribution is 1.89. The third kappa shape index (κ3) is 1.71. The largest absolute Gasteiger partial charge is 0.548 e. The van der Waals surface area contributed by atoms with E-state index in [4.69, 9.17) is 5.11 Å². The van der Waals surface area contributed by atoms with Crippen molar-refractivity contribution < 1.29 is 15.0 Å². The molecule has 0 aliphatic heterocycles. The van der Waals surface area contributed by atoms with Crippen LogP contribution >= 0.6 is 0 Å². The van der Waals surface area contributed by atoms with Gasteiger partial charge in [-0.3, -0.25) is 0 Å². The number of carbonyl (C=O) groups excluding carboxylic acids is 1. The minimum absolute atomic E-state index is 0.106. The second kappa shape index (κ2) is 3.06. The lowest BCUT2D eigenvalue weighted by Crippen LogP contribution is -2.28. The van der Waals surface area contributed by atoms with Crippen LogP contribution < -0.4 is 5.11 Å². The van der Waals surface area contributed by atoms with Gasteiger partial charge in [-0.15, -0.1) is 5.10 Å². The number of aliphatic hydroxyl groups is 1. The molecule has 1 N–H and O–H groups in total. The molecule has 1 aromatic heterocycles. The van der Waals surface area contributed by atoms with E-state index >= 15 is 0 Å². The fourth-order valence-corrected chi connectivity index (χ4v) is 0.582. The highest BCUT2D eigenvalue weighted by atomic mass is 16.4. The van der Waals surface area contributed by atoms with Crippen LogP contribution in [0.4, 0.5) is 0 Å². The average Bonchev–Trinajstić information content (AvgIpc) is 2.34. The minimum Gasteiger partial charge on any atom is -0.548 e. The van der Waals surface area contributed by atoms with Crippen LogP contribution in [-0.4, -0.2) is 31.3 Å². The first-order valence-electron chi connectivity index (χ1n) is 2.80. The van der Waals surface area contributed by atoms with Crippen molar-refractivity contribution in [2.45, 2.75) is 13.2 Å². The zero-order valence-corrected chi connectivity index (χ0v) is 5.47. The smallest absolute Gasteiger partial charge is 0.177 e. The summed E-state index contributed by atoms with van der Waals surface area (Å²) in [6.45, 7) is -0.830. The normalized spacial score (nSPS) is 9.91. The fraction of sp³-hybridized carbons (Fsp3) is 0.500. The Hall–Kier alpha value is -1.50. The van der Waals surface area contributed by atoms with Gasteiger partial charge in [0.15, 0.2) is 5.82 Å². The van der Waals surface area contributed by atoms with Crippen LogP contribution in [0.15, 0.2) is 0 Å². The van der Waals surface area contributed by atoms with Gasteiger partial charge < -0.3 is 15.0 Å². The quantitative estimate of drug-likeness (QED) is 0.498. The lowest BCUT2D eigenvalue weighted by molar-refractivity contribution is -0.306. The van der Waals surface area contributed by atoms with Crippen molar-refractivity contribution in [3.05, 3.63) is 5.82 Å². The molecule has 0 bridgehead atoms. The van der Waals surface area contributed by atoms with Crippen molar-refractivity contribution in [3.63, 3.8) is 0 Å². The number of hydrogen-bond acceptors (Lipinski definition) is 6. The molecule has 7 nitrogen and oxygen atoms in total. The van der Waals surface area contributed by atoms with E-state index in [1.165, 1.54) is 0 Å². The molecule has 0 radical (unpaired) electrons. The monoisotopic (exact) mass is 157 g/mol. The second-order valence-corrected chi connectivity index (χ2v) is 1.78. The highest BCUT2D eigenvalue weighted by Gasteiger charge is 2.02. The van der Waals surface area contributed by atoms with Gasteiger partial charge >= 0.3 is 0 Å². The predicted molar refractivity (Wildman–Crippen MR) is 28.7 cm³/mol. The summed E-state index contributed by atoms with van der Waals surface area (Å²) < 4.78 is 0.954. The number of nitrogens with zero attached hydrogens (tertiary/aromatic N) is 4. The van der Waals surface area contributed by atoms with E-state index in [9.17, 15) is 9.90 Å². The molecular weight excluding hydrogens is 152 g/mol. The molecule has 0 amide bonds. The lowest BCUT2D eigenvalue weighted by Gasteiger charge is -2.01. The third-order valence-electron chi connectivity index (χ3n) is 1.03. The molecule has 0 aliphatic rings. The van der Waals surface area contributed by atoms with Crippen molar-refractivity contribution in [1.29, 1.82) is 0 Å². The minimum atomic E-state index is -1.30. The number of aromatic nitrogens is 4. The number of aliphatic carboxylic acids is 1. The molecule has 0 fully saturated rings. The van der Waals surface area contributed by atoms with Crippen LogP contribution in [0.1, 0.15) is 5.82 Å². The predicted octanol–water partition coefficient (Wildman–Crippen LogP) is -3.08. The number of rotatable bonds is 3. The molecule has 0 saturated carbocycles. The number of carboxylic acids is 1. The van der Waals surface area contributed by atoms with Gasteiger partial charge in [-0.25, -0.2) is 4.68 Å². The maximum Gasteiger partial charge on any atom is 0.177 e. The van der Waals surface area contributed by atoms with E-state index in [-0.39, 0.29) is 12.4 Å². The van der Waals surface area contributed by atoms with Crippen LogP contribution in [-0.2, 0) is 17.9 Å². The van der Waals surface area contributed by atoms with Crippen LogP contribution in [0.5, 0.6) is 0 Å². The average molecular weight is 157 g/mol. The first-order chi connectivity index (χ1) is 5.24. The van der Waals surface area contributed by atoms with Crippen LogP contribution in [0.3, 0.4) is 0 Å². The molecule has 60 valence electrons. The van der Waals surface area contributed by atoms with Crippen LogP contribution in [0.2, 0.25) is 0 Å². The lowest BCUT2D eigenvalue weighted by atomic mass is 10.6. The highest BCUT2D eigenvalue weighted by molar-refractivity contribution is 5.63. The molecule has 1 aromatic rings. The molecule has 0 spiro atoms. The third-order valence-corrected chi connectivity index (χ3v) is 1.03. The number of tetrazole rings is 1. The number of hydrogen-bond donors (Lipinski definition) is 1. The maximum atomic E-state index is 10.0. The Morgan fingerprint density at radius 1 is 1.73 bits per heavy atom. The SMILES string of the molecule is O=C([O-])Cn1nnnc1CO. The Bertz CT molecular complexity index is 258. The first kappa shape index (κ1) is 7.61. The summed E-state index contributed by atoms with van der Waals surface area (Å²) in [5, 5.41) is 28.4. The molecule has 0 aromatic carbocycles. The van der Waals surface area contributed by atoms with E-state index < -0.39 is 12.5 Å². The van der Waals surface area contributed by atoms with Crippen molar-refractivity contribution in [2.75, 3.05) is 0 Å². The van der Waals surface area contributed by atoms with E-state index in [1.54, 1.807) is 0 Å². The summed E-state index contributed by atoms with van der Waals surface area (Å²) >= 11 is 0. The van der Waals surface area contributed by atoms with E-state index in [2.05, 4.69) is 15.5 Å². The summed E-state index contributed by atoms with van der Waals surface area (Å²) in [6.07, 6.45) is 0. The van der Waals surface area contributed by atoms with Gasteiger partial charge in [-0.2, -0.15) is 0 Å². The zero-order chi connectivity index (χ0) is 8.27. The van der Waals surface area contributed by atoms with E-state index in [0.29, 0.717) is 0 Å². The standard InChI is InChI=1S/C4H6N4O3/c9-2-3-5-6-7-8(3)1-4(10)11/h9H,1-2H2,(H,10,11)/p-1.